The molecule has 0 N–H and O–H groups in total. The van der Waals surface area contributed by atoms with Crippen LogP contribution in [0.1, 0.15) is 11.1 Å². The third kappa shape index (κ3) is 4.03. The molecule has 6 heteroatoms. The maximum Gasteiger partial charge on any atom is 0.160 e. The van der Waals surface area contributed by atoms with Crippen LogP contribution in [0.5, 0.6) is 0 Å². The zero-order chi connectivity index (χ0) is 13.7. The van der Waals surface area contributed by atoms with Crippen LogP contribution < -0.4 is 0 Å². The monoisotopic (exact) mass is 311 g/mol. The van der Waals surface area contributed by atoms with Gasteiger partial charge in [-0.05, 0) is 24.3 Å². The Labute approximate surface area is 125 Å². The summed E-state index contributed by atoms with van der Waals surface area (Å²) < 4.78 is 0. The van der Waals surface area contributed by atoms with Gasteiger partial charge in [0.2, 0.25) is 0 Å². The lowest BCUT2D eigenvalue weighted by molar-refractivity contribution is 1.25. The van der Waals surface area contributed by atoms with Gasteiger partial charge in [-0.1, -0.05) is 40.9 Å². The van der Waals surface area contributed by atoms with Gasteiger partial charge in [-0.3, -0.25) is 4.98 Å². The lowest BCUT2D eigenvalue weighted by atomic mass is 10.2. The molecule has 1 aromatic carbocycles. The molecule has 0 aliphatic rings. The molecule has 0 aliphatic heterocycles. The Morgan fingerprint density at radius 3 is 2.74 bits per heavy atom. The highest BCUT2D eigenvalue weighted by Crippen LogP contribution is 2.22. The maximum absolute atomic E-state index is 6.02. The fraction of sp³-hybridized carbons (Fsp3) is 0. The smallest absolute Gasteiger partial charge is 0.160 e. The molecule has 0 unspecified atom stereocenters. The average molecular weight is 313 g/mol. The van der Waals surface area contributed by atoms with Crippen LogP contribution in [0.25, 0.3) is 0 Å². The minimum atomic E-state index is 0.196. The Bertz CT molecular complexity index is 624. The topological polar surface area (TPSA) is 37.6 Å². The van der Waals surface area contributed by atoms with E-state index < -0.39 is 0 Å². The quantitative estimate of drug-likeness (QED) is 0.611. The molecule has 0 atom stereocenters. The Hall–Kier alpha value is -1.42. The first-order chi connectivity index (χ1) is 9.16. The molecule has 2 aromatic rings. The number of pyridine rings is 1. The van der Waals surface area contributed by atoms with E-state index in [-0.39, 0.29) is 5.17 Å². The van der Waals surface area contributed by atoms with E-state index in [0.717, 1.165) is 5.56 Å². The van der Waals surface area contributed by atoms with Gasteiger partial charge < -0.3 is 0 Å². The van der Waals surface area contributed by atoms with Crippen molar-refractivity contribution in [3.05, 3.63) is 63.9 Å². The summed E-state index contributed by atoms with van der Waals surface area (Å²) in [7, 11) is 0. The third-order valence-corrected chi connectivity index (χ3v) is 3.02. The summed E-state index contributed by atoms with van der Waals surface area (Å²) in [6, 6.07) is 8.64. The standard InChI is InChI=1S/C13H8Cl3N3/c14-10-3-4-11(12(15)6-10)13(16)19-18-8-9-2-1-5-17-7-9/h1-8H/b18-8+,19-13+. The van der Waals surface area contributed by atoms with Crippen molar-refractivity contribution in [1.82, 2.24) is 4.98 Å². The highest BCUT2D eigenvalue weighted by Gasteiger charge is 2.05. The first-order valence-corrected chi connectivity index (χ1v) is 6.42. The van der Waals surface area contributed by atoms with Crippen molar-refractivity contribution in [2.75, 3.05) is 0 Å². The van der Waals surface area contributed by atoms with Crippen molar-refractivity contribution in [3.63, 3.8) is 0 Å². The van der Waals surface area contributed by atoms with Crippen LogP contribution in [0.15, 0.2) is 52.9 Å². The summed E-state index contributed by atoms with van der Waals surface area (Å²) in [6.07, 6.45) is 4.91. The summed E-state index contributed by atoms with van der Waals surface area (Å²) in [6.45, 7) is 0. The van der Waals surface area contributed by atoms with Gasteiger partial charge in [-0.15, -0.1) is 5.10 Å². The molecule has 1 heterocycles. The summed E-state index contributed by atoms with van der Waals surface area (Å²) >= 11 is 17.8. The van der Waals surface area contributed by atoms with E-state index in [9.17, 15) is 0 Å². The minimum Gasteiger partial charge on any atom is -0.264 e. The minimum absolute atomic E-state index is 0.196. The fourth-order valence-electron chi connectivity index (χ4n) is 1.31. The summed E-state index contributed by atoms with van der Waals surface area (Å²) in [4.78, 5) is 3.96. The molecule has 1 aromatic heterocycles. The summed E-state index contributed by atoms with van der Waals surface area (Å²) in [5.41, 5.74) is 1.41. The van der Waals surface area contributed by atoms with E-state index in [1.54, 1.807) is 36.8 Å². The summed E-state index contributed by atoms with van der Waals surface area (Å²) in [5.74, 6) is 0. The molecular weight excluding hydrogens is 305 g/mol. The average Bonchev–Trinajstić information content (AvgIpc) is 2.39. The van der Waals surface area contributed by atoms with Crippen molar-refractivity contribution < 1.29 is 0 Å². The fourth-order valence-corrected chi connectivity index (χ4v) is 2.06. The Morgan fingerprint density at radius 2 is 2.05 bits per heavy atom. The second-order valence-electron chi connectivity index (χ2n) is 3.55. The van der Waals surface area contributed by atoms with E-state index in [1.165, 1.54) is 0 Å². The van der Waals surface area contributed by atoms with Crippen LogP contribution in [0.4, 0.5) is 0 Å². The van der Waals surface area contributed by atoms with Crippen molar-refractivity contribution in [1.29, 1.82) is 0 Å². The van der Waals surface area contributed by atoms with E-state index in [0.29, 0.717) is 15.6 Å². The number of halogens is 3. The molecule has 3 nitrogen and oxygen atoms in total. The predicted molar refractivity (Wildman–Crippen MR) is 80.7 cm³/mol. The molecule has 19 heavy (non-hydrogen) atoms. The van der Waals surface area contributed by atoms with Crippen molar-refractivity contribution in [2.45, 2.75) is 0 Å². The largest absolute Gasteiger partial charge is 0.264 e. The van der Waals surface area contributed by atoms with Crippen LogP contribution in [-0.2, 0) is 0 Å². The second-order valence-corrected chi connectivity index (χ2v) is 4.75. The van der Waals surface area contributed by atoms with E-state index in [2.05, 4.69) is 15.2 Å². The number of aromatic nitrogens is 1. The maximum atomic E-state index is 6.02. The number of hydrogen-bond acceptors (Lipinski definition) is 3. The van der Waals surface area contributed by atoms with Gasteiger partial charge in [-0.25, -0.2) is 0 Å². The molecule has 0 radical (unpaired) electrons. The van der Waals surface area contributed by atoms with Crippen molar-refractivity contribution in [3.8, 4) is 0 Å². The second kappa shape index (κ2) is 6.66. The number of nitrogens with zero attached hydrogens (tertiary/aromatic N) is 3. The Morgan fingerprint density at radius 1 is 1.21 bits per heavy atom. The zero-order valence-electron chi connectivity index (χ0n) is 9.59. The SMILES string of the molecule is Cl/C(=N/N=C/c1cccnc1)c1ccc(Cl)cc1Cl. The van der Waals surface area contributed by atoms with Crippen molar-refractivity contribution >= 4 is 46.2 Å². The predicted octanol–water partition coefficient (Wildman–Crippen LogP) is 4.41. The molecule has 0 bridgehead atoms. The van der Waals surface area contributed by atoms with Gasteiger partial charge >= 0.3 is 0 Å². The number of benzene rings is 1. The van der Waals surface area contributed by atoms with Crippen LogP contribution >= 0.6 is 34.8 Å². The normalized spacial score (nSPS) is 12.1. The molecule has 0 saturated carbocycles. The van der Waals surface area contributed by atoms with Gasteiger partial charge in [-0.2, -0.15) is 5.10 Å². The zero-order valence-corrected chi connectivity index (χ0v) is 11.9. The van der Waals surface area contributed by atoms with Gasteiger partial charge in [0.25, 0.3) is 0 Å². The Balaban J connectivity index is 2.17. The molecule has 0 spiro atoms. The molecule has 0 fully saturated rings. The highest BCUT2D eigenvalue weighted by atomic mass is 35.5. The third-order valence-electron chi connectivity index (χ3n) is 2.19. The van der Waals surface area contributed by atoms with Crippen LogP contribution in [0.2, 0.25) is 10.0 Å². The van der Waals surface area contributed by atoms with Crippen LogP contribution in [0.3, 0.4) is 0 Å². The molecular formula is C13H8Cl3N3. The molecule has 96 valence electrons. The first-order valence-electron chi connectivity index (χ1n) is 5.29. The van der Waals surface area contributed by atoms with Crippen LogP contribution in [0, 0.1) is 0 Å². The van der Waals surface area contributed by atoms with E-state index in [4.69, 9.17) is 34.8 Å². The molecule has 2 rings (SSSR count). The Kier molecular flexibility index (Phi) is 4.91. The van der Waals surface area contributed by atoms with Gasteiger partial charge in [0.15, 0.2) is 5.17 Å². The molecule has 0 saturated heterocycles. The van der Waals surface area contributed by atoms with E-state index >= 15 is 0 Å². The molecule has 0 amide bonds. The van der Waals surface area contributed by atoms with Crippen molar-refractivity contribution in [2.24, 2.45) is 10.2 Å². The van der Waals surface area contributed by atoms with E-state index in [1.807, 2.05) is 12.1 Å². The molecule has 0 aliphatic carbocycles. The lowest BCUT2D eigenvalue weighted by Crippen LogP contribution is -1.92. The van der Waals surface area contributed by atoms with Gasteiger partial charge in [0.1, 0.15) is 0 Å². The first kappa shape index (κ1) is 14.0. The van der Waals surface area contributed by atoms with Crippen LogP contribution in [-0.4, -0.2) is 16.4 Å². The van der Waals surface area contributed by atoms with Gasteiger partial charge in [0, 0.05) is 28.5 Å². The summed E-state index contributed by atoms with van der Waals surface area (Å²) in [5, 5.41) is 8.92. The highest BCUT2D eigenvalue weighted by molar-refractivity contribution is 6.70. The number of hydrogen-bond donors (Lipinski definition) is 0. The lowest BCUT2D eigenvalue weighted by Gasteiger charge is -2.00. The van der Waals surface area contributed by atoms with Gasteiger partial charge in [0.05, 0.1) is 11.2 Å². The number of rotatable bonds is 3.